The molecule has 2 heterocycles. The van der Waals surface area contributed by atoms with Crippen LogP contribution in [0.15, 0.2) is 41.2 Å². The van der Waals surface area contributed by atoms with E-state index in [4.69, 9.17) is 30.1 Å². The number of carbonyl (C=O) groups is 3. The fourth-order valence-corrected chi connectivity index (χ4v) is 4.67. The molecule has 2 unspecified atom stereocenters. The lowest BCUT2D eigenvalue weighted by molar-refractivity contribution is -0.202. The van der Waals surface area contributed by atoms with Crippen molar-refractivity contribution in [1.82, 2.24) is 4.98 Å². The van der Waals surface area contributed by atoms with Crippen LogP contribution in [0.5, 0.6) is 0 Å². The first kappa shape index (κ1) is 27.3. The highest BCUT2D eigenvalue weighted by molar-refractivity contribution is 7.07. The lowest BCUT2D eigenvalue weighted by Crippen LogP contribution is -2.47. The summed E-state index contributed by atoms with van der Waals surface area (Å²) in [5.41, 5.74) is -0.0411. The smallest absolute Gasteiger partial charge is 0.345 e. The minimum atomic E-state index is -1.60. The second-order valence-electron chi connectivity index (χ2n) is 8.45. The zero-order chi connectivity index (χ0) is 26.3. The molecule has 10 heteroatoms. The summed E-state index contributed by atoms with van der Waals surface area (Å²) >= 11 is 1.31. The molecule has 3 rings (SSSR count). The third-order valence-corrected chi connectivity index (χ3v) is 6.51. The van der Waals surface area contributed by atoms with Crippen LogP contribution in [0.2, 0.25) is 0 Å². The Morgan fingerprint density at radius 1 is 1.19 bits per heavy atom. The van der Waals surface area contributed by atoms with Crippen LogP contribution in [0.25, 0.3) is 0 Å². The molecule has 1 fully saturated rings. The third kappa shape index (κ3) is 5.75. The molecule has 0 radical (unpaired) electrons. The van der Waals surface area contributed by atoms with Crippen molar-refractivity contribution < 1.29 is 38.1 Å². The lowest BCUT2D eigenvalue weighted by Gasteiger charge is -2.34. The average molecular weight is 516 g/mol. The van der Waals surface area contributed by atoms with Gasteiger partial charge in [-0.1, -0.05) is 36.3 Å². The Morgan fingerprint density at radius 2 is 1.89 bits per heavy atom. The Labute approximate surface area is 214 Å². The van der Waals surface area contributed by atoms with Gasteiger partial charge in [0.25, 0.3) is 0 Å². The predicted molar refractivity (Wildman–Crippen MR) is 129 cm³/mol. The van der Waals surface area contributed by atoms with Gasteiger partial charge in [0.1, 0.15) is 6.10 Å². The number of ether oxygens (including phenoxy) is 5. The highest BCUT2D eigenvalue weighted by Gasteiger charge is 2.58. The number of esters is 3. The quantitative estimate of drug-likeness (QED) is 0.268. The summed E-state index contributed by atoms with van der Waals surface area (Å²) in [4.78, 5) is 41.3. The molecule has 0 N–H and O–H groups in total. The summed E-state index contributed by atoms with van der Waals surface area (Å²) in [5, 5.41) is 1.72. The van der Waals surface area contributed by atoms with E-state index in [1.165, 1.54) is 25.2 Å². The maximum Gasteiger partial charge on any atom is 0.345 e. The van der Waals surface area contributed by atoms with Crippen molar-refractivity contribution in [2.45, 2.75) is 58.2 Å². The van der Waals surface area contributed by atoms with Crippen LogP contribution in [-0.2, 0) is 50.1 Å². The normalized spacial score (nSPS) is 24.8. The average Bonchev–Trinajstić information content (AvgIpc) is 3.46. The summed E-state index contributed by atoms with van der Waals surface area (Å²) in [7, 11) is 0. The summed E-state index contributed by atoms with van der Waals surface area (Å²) in [6, 6.07) is 9.32. The number of nitrogens with zero attached hydrogens (tertiary/aromatic N) is 1. The molecular weight excluding hydrogens is 486 g/mol. The highest BCUT2D eigenvalue weighted by atomic mass is 32.1. The number of hydrogen-bond donors (Lipinski definition) is 0. The predicted octanol–water partition coefficient (Wildman–Crippen LogP) is 3.02. The number of hydrogen-bond acceptors (Lipinski definition) is 10. The minimum absolute atomic E-state index is 0.133. The van der Waals surface area contributed by atoms with E-state index in [1.807, 2.05) is 30.3 Å². The number of benzene rings is 1. The van der Waals surface area contributed by atoms with Gasteiger partial charge in [0.2, 0.25) is 11.9 Å². The van der Waals surface area contributed by atoms with Crippen molar-refractivity contribution in [3.05, 3.63) is 52.5 Å². The van der Waals surface area contributed by atoms with E-state index in [2.05, 4.69) is 10.9 Å². The molecule has 1 aromatic carbocycles. The molecule has 0 bridgehead atoms. The SMILES string of the molecule is C#C[C@@]1(C)[C@@H](COC(Cc2ccccc2)(C(=O)OCC)c2cscn2)OC(OC(C)=O)[C@@H]1OC(C)=O. The van der Waals surface area contributed by atoms with Gasteiger partial charge in [-0.05, 0) is 19.4 Å². The van der Waals surface area contributed by atoms with Gasteiger partial charge in [-0.2, -0.15) is 0 Å². The van der Waals surface area contributed by atoms with Gasteiger partial charge in [0.05, 0.1) is 29.8 Å². The van der Waals surface area contributed by atoms with Gasteiger partial charge < -0.3 is 23.7 Å². The van der Waals surface area contributed by atoms with E-state index in [1.54, 1.807) is 24.7 Å². The molecule has 0 saturated carbocycles. The van der Waals surface area contributed by atoms with Crippen molar-refractivity contribution >= 4 is 29.2 Å². The molecular formula is C26H29NO8S. The van der Waals surface area contributed by atoms with Crippen molar-refractivity contribution in [2.75, 3.05) is 13.2 Å². The van der Waals surface area contributed by atoms with E-state index in [0.29, 0.717) is 5.69 Å². The molecule has 9 nitrogen and oxygen atoms in total. The zero-order valence-corrected chi connectivity index (χ0v) is 21.4. The van der Waals surface area contributed by atoms with Gasteiger partial charge in [0, 0.05) is 25.6 Å². The molecule has 2 aromatic rings. The molecule has 36 heavy (non-hydrogen) atoms. The van der Waals surface area contributed by atoms with Crippen LogP contribution in [0.1, 0.15) is 39.0 Å². The summed E-state index contributed by atoms with van der Waals surface area (Å²) in [6.07, 6.45) is 2.77. The van der Waals surface area contributed by atoms with Gasteiger partial charge in [-0.3, -0.25) is 9.59 Å². The van der Waals surface area contributed by atoms with Crippen LogP contribution in [0.3, 0.4) is 0 Å². The van der Waals surface area contributed by atoms with E-state index >= 15 is 0 Å². The van der Waals surface area contributed by atoms with Crippen LogP contribution >= 0.6 is 11.3 Å². The number of terminal acetylenes is 1. The number of carbonyl (C=O) groups excluding carboxylic acids is 3. The first-order valence-electron chi connectivity index (χ1n) is 11.4. The van der Waals surface area contributed by atoms with Gasteiger partial charge >= 0.3 is 17.9 Å². The van der Waals surface area contributed by atoms with Crippen LogP contribution < -0.4 is 0 Å². The number of aromatic nitrogens is 1. The first-order valence-corrected chi connectivity index (χ1v) is 12.3. The zero-order valence-electron chi connectivity index (χ0n) is 20.6. The Bertz CT molecular complexity index is 1100. The molecule has 192 valence electrons. The fraction of sp³-hybridized carbons (Fsp3) is 0.462. The second kappa shape index (κ2) is 11.6. The summed E-state index contributed by atoms with van der Waals surface area (Å²) in [6.45, 7) is 5.70. The standard InChI is InChI=1S/C26H29NO8S/c1-6-25(5)21(35-23(34-18(4)29)22(25)33-17(3)28)14-32-26(24(30)31-7-2,20-15-36-16-27-20)13-19-11-9-8-10-12-19/h1,8-12,15-16,21-23H,7,13-14H2,2-5H3/t21-,22+,23?,25+,26?/m1/s1. The third-order valence-electron chi connectivity index (χ3n) is 5.92. The second-order valence-corrected chi connectivity index (χ2v) is 9.17. The van der Waals surface area contributed by atoms with Crippen molar-refractivity contribution in [1.29, 1.82) is 0 Å². The molecule has 1 aliphatic heterocycles. The maximum atomic E-state index is 13.4. The van der Waals surface area contributed by atoms with Gasteiger partial charge in [0.15, 0.2) is 6.10 Å². The van der Waals surface area contributed by atoms with Gasteiger partial charge in [-0.25, -0.2) is 9.78 Å². The van der Waals surface area contributed by atoms with Crippen molar-refractivity contribution in [3.8, 4) is 12.3 Å². The number of thiazole rings is 1. The van der Waals surface area contributed by atoms with Crippen LogP contribution in [0, 0.1) is 17.8 Å². The summed E-state index contributed by atoms with van der Waals surface area (Å²) < 4.78 is 28.4. The van der Waals surface area contributed by atoms with Gasteiger partial charge in [-0.15, -0.1) is 17.8 Å². The Morgan fingerprint density at radius 3 is 2.44 bits per heavy atom. The first-order chi connectivity index (χ1) is 17.2. The van der Waals surface area contributed by atoms with E-state index < -0.39 is 47.4 Å². The Hall–Kier alpha value is -3.26. The maximum absolute atomic E-state index is 13.4. The molecule has 5 atom stereocenters. The molecule has 0 spiro atoms. The minimum Gasteiger partial charge on any atom is -0.464 e. The largest absolute Gasteiger partial charge is 0.464 e. The van der Waals surface area contributed by atoms with Crippen molar-refractivity contribution in [2.24, 2.45) is 5.41 Å². The van der Waals surface area contributed by atoms with E-state index in [0.717, 1.165) is 5.56 Å². The topological polar surface area (TPSA) is 110 Å². The molecule has 1 aliphatic rings. The lowest BCUT2D eigenvalue weighted by atomic mass is 9.81. The van der Waals surface area contributed by atoms with E-state index in [-0.39, 0.29) is 19.6 Å². The highest BCUT2D eigenvalue weighted by Crippen LogP contribution is 2.42. The van der Waals surface area contributed by atoms with Crippen LogP contribution in [-0.4, -0.2) is 54.6 Å². The summed E-state index contributed by atoms with van der Waals surface area (Å²) in [5.74, 6) is 0.755. The van der Waals surface area contributed by atoms with Crippen molar-refractivity contribution in [3.63, 3.8) is 0 Å². The molecule has 0 aliphatic carbocycles. The fourth-order valence-electron chi connectivity index (χ4n) is 4.05. The molecule has 1 aromatic heterocycles. The molecule has 0 amide bonds. The Balaban J connectivity index is 1.99. The Kier molecular flexibility index (Phi) is 8.84. The van der Waals surface area contributed by atoms with E-state index in [9.17, 15) is 14.4 Å². The number of rotatable bonds is 10. The monoisotopic (exact) mass is 515 g/mol. The molecule has 1 saturated heterocycles. The van der Waals surface area contributed by atoms with Crippen LogP contribution in [0.4, 0.5) is 0 Å².